The molecule has 2 rings (SSSR count). The van der Waals surface area contributed by atoms with Crippen LogP contribution in [-0.4, -0.2) is 22.2 Å². The van der Waals surface area contributed by atoms with E-state index in [0.29, 0.717) is 17.7 Å². The van der Waals surface area contributed by atoms with Gasteiger partial charge in [0.05, 0.1) is 9.13 Å². The van der Waals surface area contributed by atoms with Crippen molar-refractivity contribution in [2.45, 2.75) is 22.9 Å². The molecular formula is C15H13F3N2O4S2. The molecule has 140 valence electrons. The minimum atomic E-state index is -4.97. The lowest BCUT2D eigenvalue weighted by Gasteiger charge is -2.21. The molecule has 0 aliphatic heterocycles. The summed E-state index contributed by atoms with van der Waals surface area (Å²) in [6.07, 6.45) is -3.15. The van der Waals surface area contributed by atoms with Crippen LogP contribution in [0.25, 0.3) is 0 Å². The molecule has 1 aromatic heterocycles. The number of anilines is 1. The average molecular weight is 406 g/mol. The maximum absolute atomic E-state index is 13.0. The number of nitrogens with one attached hydrogen (secondary N) is 1. The number of aliphatic hydroxyl groups is 1. The number of hydrogen-bond acceptors (Lipinski definition) is 6. The predicted octanol–water partition coefficient (Wildman–Crippen LogP) is 4.24. The standard InChI is InChI=1S/C15H13F3N2O4S2/c1-14(22,8-5-12(25-2)26-7-8)13(21)19-9-3-4-11(20(23)24)10(6-9)15(16,17)18/h3-7,22H,1-2H3,(H,19,21). The Labute approximate surface area is 154 Å². The molecule has 0 spiro atoms. The van der Waals surface area contributed by atoms with Crippen molar-refractivity contribution in [3.8, 4) is 0 Å². The quantitative estimate of drug-likeness (QED) is 0.440. The Kier molecular flexibility index (Phi) is 5.64. The molecule has 2 N–H and O–H groups in total. The molecule has 1 aromatic carbocycles. The number of carbonyl (C=O) groups excluding carboxylic acids is 1. The van der Waals surface area contributed by atoms with E-state index in [9.17, 15) is 33.2 Å². The van der Waals surface area contributed by atoms with Crippen molar-refractivity contribution in [1.29, 1.82) is 0 Å². The molecule has 2 aromatic rings. The van der Waals surface area contributed by atoms with Gasteiger partial charge in [0, 0.05) is 17.3 Å². The third-order valence-corrected chi connectivity index (χ3v) is 5.57. The van der Waals surface area contributed by atoms with E-state index in [4.69, 9.17) is 0 Å². The Balaban J connectivity index is 2.32. The van der Waals surface area contributed by atoms with Gasteiger partial charge in [-0.1, -0.05) is 0 Å². The maximum atomic E-state index is 13.0. The van der Waals surface area contributed by atoms with Crippen LogP contribution in [0.15, 0.2) is 33.9 Å². The number of nitro groups is 1. The van der Waals surface area contributed by atoms with Crippen molar-refractivity contribution in [1.82, 2.24) is 0 Å². The van der Waals surface area contributed by atoms with E-state index in [1.54, 1.807) is 11.4 Å². The summed E-state index contributed by atoms with van der Waals surface area (Å²) >= 11 is 2.73. The Bertz CT molecular complexity index is 850. The first-order chi connectivity index (χ1) is 12.0. The topological polar surface area (TPSA) is 92.5 Å². The van der Waals surface area contributed by atoms with Gasteiger partial charge in [-0.3, -0.25) is 14.9 Å². The van der Waals surface area contributed by atoms with Crippen molar-refractivity contribution in [3.05, 3.63) is 50.9 Å². The molecule has 1 atom stereocenters. The minimum absolute atomic E-state index is 0.294. The number of nitro benzene ring substituents is 1. The molecular weight excluding hydrogens is 393 g/mol. The summed E-state index contributed by atoms with van der Waals surface area (Å²) in [5, 5.41) is 25.0. The molecule has 1 unspecified atom stereocenters. The molecule has 0 saturated heterocycles. The van der Waals surface area contributed by atoms with E-state index in [0.717, 1.165) is 10.3 Å². The van der Waals surface area contributed by atoms with Gasteiger partial charge < -0.3 is 10.4 Å². The number of halogens is 3. The lowest BCUT2D eigenvalue weighted by molar-refractivity contribution is -0.388. The highest BCUT2D eigenvalue weighted by molar-refractivity contribution is 8.00. The molecule has 0 aliphatic rings. The van der Waals surface area contributed by atoms with Gasteiger partial charge in [0.2, 0.25) is 0 Å². The van der Waals surface area contributed by atoms with E-state index in [1.165, 1.54) is 30.0 Å². The first-order valence-electron chi connectivity index (χ1n) is 6.99. The highest BCUT2D eigenvalue weighted by Crippen LogP contribution is 2.38. The third kappa shape index (κ3) is 4.17. The minimum Gasteiger partial charge on any atom is -0.375 e. The van der Waals surface area contributed by atoms with Gasteiger partial charge >= 0.3 is 6.18 Å². The average Bonchev–Trinajstić information content (AvgIpc) is 3.03. The summed E-state index contributed by atoms with van der Waals surface area (Å²) < 4.78 is 39.8. The zero-order valence-electron chi connectivity index (χ0n) is 13.5. The molecule has 6 nitrogen and oxygen atoms in total. The summed E-state index contributed by atoms with van der Waals surface area (Å²) in [6.45, 7) is 1.21. The van der Waals surface area contributed by atoms with E-state index in [2.05, 4.69) is 5.32 Å². The second-order valence-corrected chi connectivity index (χ2v) is 7.39. The van der Waals surface area contributed by atoms with Crippen LogP contribution in [-0.2, 0) is 16.6 Å². The Morgan fingerprint density at radius 2 is 2.00 bits per heavy atom. The number of thioether (sulfide) groups is 1. The number of thiophene rings is 1. The molecule has 1 heterocycles. The number of hydrogen-bond donors (Lipinski definition) is 2. The second kappa shape index (κ2) is 7.25. The Morgan fingerprint density at radius 3 is 2.50 bits per heavy atom. The van der Waals surface area contributed by atoms with E-state index >= 15 is 0 Å². The highest BCUT2D eigenvalue weighted by Gasteiger charge is 2.39. The number of alkyl halides is 3. The Hall–Kier alpha value is -2.11. The summed E-state index contributed by atoms with van der Waals surface area (Å²) in [7, 11) is 0. The number of carbonyl (C=O) groups is 1. The lowest BCUT2D eigenvalue weighted by atomic mass is 9.98. The van der Waals surface area contributed by atoms with Crippen molar-refractivity contribution >= 4 is 40.4 Å². The van der Waals surface area contributed by atoms with Crippen molar-refractivity contribution < 1.29 is 28.0 Å². The van der Waals surface area contributed by atoms with Crippen LogP contribution >= 0.6 is 23.1 Å². The van der Waals surface area contributed by atoms with Crippen LogP contribution in [0.4, 0.5) is 24.5 Å². The van der Waals surface area contributed by atoms with Crippen LogP contribution in [0, 0.1) is 10.1 Å². The molecule has 26 heavy (non-hydrogen) atoms. The van der Waals surface area contributed by atoms with E-state index in [1.807, 2.05) is 6.26 Å². The van der Waals surface area contributed by atoms with Gasteiger partial charge in [0.1, 0.15) is 5.56 Å². The zero-order chi connectivity index (χ0) is 19.7. The second-order valence-electron chi connectivity index (χ2n) is 5.37. The van der Waals surface area contributed by atoms with Gasteiger partial charge in [-0.05, 0) is 36.8 Å². The van der Waals surface area contributed by atoms with Gasteiger partial charge in [-0.25, -0.2) is 0 Å². The first kappa shape index (κ1) is 20.2. The SMILES string of the molecule is CSc1cc(C(C)(O)C(=O)Nc2ccc([N+](=O)[O-])c(C(F)(F)F)c2)cs1. The van der Waals surface area contributed by atoms with Crippen molar-refractivity contribution in [2.75, 3.05) is 11.6 Å². The van der Waals surface area contributed by atoms with Crippen molar-refractivity contribution in [2.24, 2.45) is 0 Å². The fraction of sp³-hybridized carbons (Fsp3) is 0.267. The molecule has 0 bridgehead atoms. The van der Waals surface area contributed by atoms with E-state index in [-0.39, 0.29) is 5.69 Å². The molecule has 0 saturated carbocycles. The molecule has 0 aliphatic carbocycles. The van der Waals surface area contributed by atoms with Crippen LogP contribution in [0.3, 0.4) is 0 Å². The van der Waals surface area contributed by atoms with Crippen LogP contribution in [0.2, 0.25) is 0 Å². The van der Waals surface area contributed by atoms with E-state index < -0.39 is 33.9 Å². The van der Waals surface area contributed by atoms with Crippen LogP contribution in [0.1, 0.15) is 18.1 Å². The number of amides is 1. The van der Waals surface area contributed by atoms with Crippen LogP contribution < -0.4 is 5.32 Å². The fourth-order valence-corrected chi connectivity index (χ4v) is 3.57. The van der Waals surface area contributed by atoms with Crippen LogP contribution in [0.5, 0.6) is 0 Å². The summed E-state index contributed by atoms with van der Waals surface area (Å²) in [4.78, 5) is 21.9. The summed E-state index contributed by atoms with van der Waals surface area (Å²) in [6, 6.07) is 3.70. The van der Waals surface area contributed by atoms with Gasteiger partial charge in [0.25, 0.3) is 11.6 Å². The number of benzene rings is 1. The summed E-state index contributed by atoms with van der Waals surface area (Å²) in [5.74, 6) is -0.954. The fourth-order valence-electron chi connectivity index (χ4n) is 2.06. The van der Waals surface area contributed by atoms with Gasteiger partial charge in [-0.15, -0.1) is 23.1 Å². The normalized spacial score (nSPS) is 13.9. The highest BCUT2D eigenvalue weighted by atomic mass is 32.2. The molecule has 0 fully saturated rings. The predicted molar refractivity (Wildman–Crippen MR) is 92.4 cm³/mol. The molecule has 1 amide bonds. The van der Waals surface area contributed by atoms with Gasteiger partial charge in [0.15, 0.2) is 5.60 Å². The molecule has 0 radical (unpaired) electrons. The summed E-state index contributed by atoms with van der Waals surface area (Å²) in [5.41, 5.74) is -4.61. The number of rotatable bonds is 5. The zero-order valence-corrected chi connectivity index (χ0v) is 15.1. The lowest BCUT2D eigenvalue weighted by Crippen LogP contribution is -2.37. The van der Waals surface area contributed by atoms with Gasteiger partial charge in [-0.2, -0.15) is 13.2 Å². The Morgan fingerprint density at radius 1 is 1.35 bits per heavy atom. The van der Waals surface area contributed by atoms with Crippen molar-refractivity contribution in [3.63, 3.8) is 0 Å². The number of nitrogens with zero attached hydrogens (tertiary/aromatic N) is 1. The smallest absolute Gasteiger partial charge is 0.375 e. The molecule has 11 heteroatoms. The maximum Gasteiger partial charge on any atom is 0.423 e. The third-order valence-electron chi connectivity index (χ3n) is 3.54. The first-order valence-corrected chi connectivity index (χ1v) is 9.09. The monoisotopic (exact) mass is 406 g/mol. The largest absolute Gasteiger partial charge is 0.423 e.